The van der Waals surface area contributed by atoms with E-state index in [4.69, 9.17) is 5.26 Å². The number of hydrogen-bond acceptors (Lipinski definition) is 7. The number of nitrogens with zero attached hydrogens (tertiary/aromatic N) is 3. The van der Waals surface area contributed by atoms with E-state index in [0.717, 1.165) is 37.4 Å². The van der Waals surface area contributed by atoms with Crippen LogP contribution in [0, 0.1) is 11.5 Å². The number of carbonyl (C=O) groups is 3. The minimum atomic E-state index is -5.65. The zero-order valence-corrected chi connectivity index (χ0v) is 23.0. The second-order valence-electron chi connectivity index (χ2n) is 8.97. The maximum absolute atomic E-state index is 14.5. The number of benzene rings is 3. The molecule has 3 aromatic rings. The van der Waals surface area contributed by atoms with Gasteiger partial charge in [-0.05, 0) is 18.2 Å². The number of halogens is 5. The molecule has 2 amide bonds. The Hall–Kier alpha value is -4.84. The average Bonchev–Trinajstić information content (AvgIpc) is 2.96. The fourth-order valence-corrected chi connectivity index (χ4v) is 5.62. The van der Waals surface area contributed by atoms with Crippen molar-refractivity contribution in [2.45, 2.75) is 24.7 Å². The predicted octanol–water partition coefficient (Wildman–Crippen LogP) is 4.40. The van der Waals surface area contributed by atoms with Crippen LogP contribution in [-0.2, 0) is 20.4 Å². The van der Waals surface area contributed by atoms with Crippen molar-refractivity contribution in [3.05, 3.63) is 101 Å². The van der Waals surface area contributed by atoms with E-state index in [9.17, 15) is 44.8 Å². The van der Waals surface area contributed by atoms with E-state index >= 15 is 0 Å². The van der Waals surface area contributed by atoms with Crippen molar-refractivity contribution >= 4 is 27.4 Å². The molecule has 0 aliphatic heterocycles. The van der Waals surface area contributed by atoms with Gasteiger partial charge in [-0.25, -0.2) is 13.3 Å². The number of amides is 2. The molecule has 0 bridgehead atoms. The number of rotatable bonds is 11. The van der Waals surface area contributed by atoms with Crippen LogP contribution in [-0.4, -0.2) is 67.6 Å². The van der Waals surface area contributed by atoms with Gasteiger partial charge in [-0.15, -0.1) is 13.2 Å². The van der Waals surface area contributed by atoms with Crippen molar-refractivity contribution in [2.75, 3.05) is 12.8 Å². The summed E-state index contributed by atoms with van der Waals surface area (Å²) in [6.07, 6.45) is -4.38. The molecule has 15 heteroatoms. The molecule has 9 nitrogen and oxygen atoms in total. The number of alkyl halides is 5. The average molecular weight is 624 g/mol. The topological polar surface area (TPSA) is 125 Å². The minimum Gasteiger partial charge on any atom is -0.435 e. The molecule has 43 heavy (non-hydrogen) atoms. The summed E-state index contributed by atoms with van der Waals surface area (Å²) in [5.74, 6) is -7.55. The van der Waals surface area contributed by atoms with E-state index in [1.165, 1.54) is 36.5 Å². The van der Waals surface area contributed by atoms with Gasteiger partial charge in [0.05, 0.1) is 11.5 Å². The molecular formula is C28H22F5N3O6S. The Morgan fingerprint density at radius 2 is 1.49 bits per heavy atom. The molecular weight excluding hydrogens is 601 g/mol. The number of ether oxygens (including phenoxy) is 1. The quantitative estimate of drug-likeness (QED) is 0.102. The molecule has 0 aromatic heterocycles. The fraction of sp³-hybridized carbons (Fsp3) is 0.214. The molecule has 0 aliphatic rings. The number of likely N-dealkylation sites (N-methyl/N-ethyl adjacent to an activating group) is 1. The first-order valence-electron chi connectivity index (χ1n) is 12.1. The summed E-state index contributed by atoms with van der Waals surface area (Å²) in [7, 11) is -4.02. The molecule has 0 heterocycles. The van der Waals surface area contributed by atoms with E-state index in [1.807, 2.05) is 0 Å². The van der Waals surface area contributed by atoms with Crippen molar-refractivity contribution in [3.8, 4) is 11.9 Å². The number of hydrogen-bond donors (Lipinski definition) is 0. The summed E-state index contributed by atoms with van der Waals surface area (Å²) < 4.78 is 99.4. The van der Waals surface area contributed by atoms with E-state index in [2.05, 4.69) is 4.74 Å². The molecule has 3 rings (SSSR count). The molecule has 0 spiro atoms. The lowest BCUT2D eigenvalue weighted by atomic mass is 10.0. The molecule has 0 unspecified atom stereocenters. The van der Waals surface area contributed by atoms with E-state index < -0.39 is 74.1 Å². The summed E-state index contributed by atoms with van der Waals surface area (Å²) in [5.41, 5.74) is -1.05. The van der Waals surface area contributed by atoms with Gasteiger partial charge < -0.3 is 4.74 Å². The van der Waals surface area contributed by atoms with Gasteiger partial charge in [0.25, 0.3) is 11.8 Å². The number of para-hydroxylation sites is 1. The van der Waals surface area contributed by atoms with Crippen LogP contribution in [0.2, 0.25) is 0 Å². The number of ketones is 1. The molecule has 0 N–H and O–H groups in total. The van der Waals surface area contributed by atoms with Crippen LogP contribution in [0.4, 0.5) is 22.0 Å². The highest BCUT2D eigenvalue weighted by Crippen LogP contribution is 2.30. The van der Waals surface area contributed by atoms with Gasteiger partial charge in [-0.2, -0.15) is 14.0 Å². The fourth-order valence-electron chi connectivity index (χ4n) is 4.02. The Balaban J connectivity index is 2.05. The zero-order chi connectivity index (χ0) is 31.9. The highest BCUT2D eigenvalue weighted by molar-refractivity contribution is 7.90. The SMILES string of the molecule is CN(C#N)C(=O)[C@H](CS(=O)(=O)Cc1ccccc1OC(F)F)N(C(=O)c1cccc(C(=O)c2ccccc2)c1)C(F)(F)F. The van der Waals surface area contributed by atoms with Crippen LogP contribution >= 0.6 is 0 Å². The molecule has 0 saturated heterocycles. The second kappa shape index (κ2) is 13.4. The van der Waals surface area contributed by atoms with E-state index in [0.29, 0.717) is 0 Å². The standard InChI is InChI=1S/C28H22F5N3O6S/c1-35(17-34)26(39)22(16-43(40,41)15-21-10-5-6-13-23(21)42-27(29)30)36(28(31,32)33)25(38)20-12-7-11-19(14-20)24(37)18-8-3-2-4-9-18/h2-14,22,27H,15-16H2,1H3/t22-/m0/s1. The Bertz CT molecular complexity index is 1640. The summed E-state index contributed by atoms with van der Waals surface area (Å²) in [5, 5.41) is 9.15. The van der Waals surface area contributed by atoms with Gasteiger partial charge >= 0.3 is 12.9 Å². The third kappa shape index (κ3) is 8.35. The smallest absolute Gasteiger partial charge is 0.435 e. The van der Waals surface area contributed by atoms with Crippen molar-refractivity contribution < 1.29 is 49.5 Å². The van der Waals surface area contributed by atoms with Crippen LogP contribution in [0.5, 0.6) is 5.75 Å². The van der Waals surface area contributed by atoms with Crippen LogP contribution in [0.15, 0.2) is 78.9 Å². The van der Waals surface area contributed by atoms with Gasteiger partial charge in [0.1, 0.15) is 11.8 Å². The first-order chi connectivity index (χ1) is 20.1. The number of sulfone groups is 1. The van der Waals surface area contributed by atoms with Crippen molar-refractivity contribution in [1.29, 1.82) is 5.26 Å². The molecule has 0 radical (unpaired) electrons. The van der Waals surface area contributed by atoms with Crippen LogP contribution in [0.1, 0.15) is 31.8 Å². The largest absolute Gasteiger partial charge is 0.488 e. The van der Waals surface area contributed by atoms with Gasteiger partial charge in [-0.1, -0.05) is 60.7 Å². The number of nitriles is 1. The summed E-state index contributed by atoms with van der Waals surface area (Å²) in [6.45, 7) is -3.34. The zero-order valence-electron chi connectivity index (χ0n) is 22.2. The second-order valence-corrected chi connectivity index (χ2v) is 11.1. The van der Waals surface area contributed by atoms with E-state index in [1.54, 1.807) is 18.2 Å². The number of carbonyl (C=O) groups excluding carboxylic acids is 3. The Kier molecular flexibility index (Phi) is 10.2. The van der Waals surface area contributed by atoms with Crippen LogP contribution < -0.4 is 4.74 Å². The lowest BCUT2D eigenvalue weighted by Gasteiger charge is -2.33. The highest BCUT2D eigenvalue weighted by atomic mass is 32.2. The highest BCUT2D eigenvalue weighted by Gasteiger charge is 2.50. The normalized spacial score (nSPS) is 12.2. The first kappa shape index (κ1) is 32.7. The molecule has 0 saturated carbocycles. The lowest BCUT2D eigenvalue weighted by molar-refractivity contribution is -0.234. The predicted molar refractivity (Wildman–Crippen MR) is 141 cm³/mol. The van der Waals surface area contributed by atoms with E-state index in [-0.39, 0.29) is 21.6 Å². The monoisotopic (exact) mass is 623 g/mol. The molecule has 0 fully saturated rings. The van der Waals surface area contributed by atoms with Gasteiger partial charge in [0, 0.05) is 29.3 Å². The Morgan fingerprint density at radius 3 is 2.09 bits per heavy atom. The van der Waals surface area contributed by atoms with Gasteiger partial charge in [-0.3, -0.25) is 19.3 Å². The first-order valence-corrected chi connectivity index (χ1v) is 14.0. The molecule has 0 aliphatic carbocycles. The minimum absolute atomic E-state index is 0.120. The molecule has 3 aromatic carbocycles. The summed E-state index contributed by atoms with van der Waals surface area (Å²) in [6, 6.07) is 13.6. The lowest BCUT2D eigenvalue weighted by Crippen LogP contribution is -2.57. The molecule has 1 atom stereocenters. The van der Waals surface area contributed by atoms with Crippen molar-refractivity contribution in [1.82, 2.24) is 9.80 Å². The van der Waals surface area contributed by atoms with Crippen molar-refractivity contribution in [2.24, 2.45) is 0 Å². The summed E-state index contributed by atoms with van der Waals surface area (Å²) in [4.78, 5) is 38.3. The molecule has 226 valence electrons. The third-order valence-electron chi connectivity index (χ3n) is 5.95. The van der Waals surface area contributed by atoms with Gasteiger partial charge in [0.2, 0.25) is 0 Å². The Labute approximate surface area is 242 Å². The van der Waals surface area contributed by atoms with Gasteiger partial charge in [0.15, 0.2) is 21.8 Å². The maximum Gasteiger partial charge on any atom is 0.488 e. The van der Waals surface area contributed by atoms with Crippen LogP contribution in [0.25, 0.3) is 0 Å². The van der Waals surface area contributed by atoms with Crippen LogP contribution in [0.3, 0.4) is 0 Å². The Morgan fingerprint density at radius 1 is 0.907 bits per heavy atom. The third-order valence-corrected chi connectivity index (χ3v) is 7.53. The summed E-state index contributed by atoms with van der Waals surface area (Å²) >= 11 is 0. The maximum atomic E-state index is 14.5. The van der Waals surface area contributed by atoms with Crippen molar-refractivity contribution in [3.63, 3.8) is 0 Å².